The molecule has 3 heteroatoms. The summed E-state index contributed by atoms with van der Waals surface area (Å²) in [5.74, 6) is 0. The SMILES string of the molecule is CC(C)O[Si]c1ccc(S)cc1. The van der Waals surface area contributed by atoms with E-state index >= 15 is 0 Å². The van der Waals surface area contributed by atoms with Gasteiger partial charge in [-0.1, -0.05) is 12.1 Å². The Morgan fingerprint density at radius 1 is 1.25 bits per heavy atom. The van der Waals surface area contributed by atoms with Crippen molar-refractivity contribution in [1.29, 1.82) is 0 Å². The van der Waals surface area contributed by atoms with Gasteiger partial charge in [0.15, 0.2) is 0 Å². The van der Waals surface area contributed by atoms with Crippen molar-refractivity contribution < 1.29 is 4.43 Å². The van der Waals surface area contributed by atoms with E-state index in [4.69, 9.17) is 4.43 Å². The third-order valence-electron chi connectivity index (χ3n) is 1.28. The fourth-order valence-corrected chi connectivity index (χ4v) is 1.54. The zero-order chi connectivity index (χ0) is 8.97. The van der Waals surface area contributed by atoms with E-state index in [0.29, 0.717) is 15.9 Å². The number of rotatable bonds is 3. The summed E-state index contributed by atoms with van der Waals surface area (Å²) in [6.45, 7) is 4.08. The molecule has 1 nitrogen and oxygen atoms in total. The summed E-state index contributed by atoms with van der Waals surface area (Å²) < 4.78 is 5.47. The fourth-order valence-electron chi connectivity index (χ4n) is 0.715. The highest BCUT2D eigenvalue weighted by Crippen LogP contribution is 2.00. The van der Waals surface area contributed by atoms with Gasteiger partial charge in [0.05, 0.1) is 0 Å². The second-order valence-corrected chi connectivity index (χ2v) is 4.35. The molecule has 0 amide bonds. The van der Waals surface area contributed by atoms with Gasteiger partial charge < -0.3 is 4.43 Å². The van der Waals surface area contributed by atoms with Crippen LogP contribution in [0.4, 0.5) is 0 Å². The highest BCUT2D eigenvalue weighted by Gasteiger charge is 1.98. The summed E-state index contributed by atoms with van der Waals surface area (Å²) >= 11 is 4.20. The first-order chi connectivity index (χ1) is 5.68. The predicted molar refractivity (Wildman–Crippen MR) is 55.3 cm³/mol. The minimum absolute atomic E-state index is 0.305. The van der Waals surface area contributed by atoms with Crippen LogP contribution in [0.3, 0.4) is 0 Å². The van der Waals surface area contributed by atoms with Crippen LogP contribution in [0.25, 0.3) is 0 Å². The molecule has 0 saturated heterocycles. The molecular formula is C9H12OSSi. The molecule has 2 radical (unpaired) electrons. The first-order valence-corrected chi connectivity index (χ1v) is 5.24. The van der Waals surface area contributed by atoms with Crippen molar-refractivity contribution >= 4 is 27.6 Å². The van der Waals surface area contributed by atoms with Gasteiger partial charge in [-0.15, -0.1) is 12.6 Å². The molecule has 0 saturated carbocycles. The number of hydrogen-bond acceptors (Lipinski definition) is 2. The van der Waals surface area contributed by atoms with Crippen LogP contribution in [0.1, 0.15) is 13.8 Å². The van der Waals surface area contributed by atoms with Crippen molar-refractivity contribution in [2.45, 2.75) is 24.8 Å². The topological polar surface area (TPSA) is 9.23 Å². The molecule has 12 heavy (non-hydrogen) atoms. The van der Waals surface area contributed by atoms with Gasteiger partial charge in [-0.25, -0.2) is 0 Å². The third-order valence-corrected chi connectivity index (χ3v) is 2.74. The molecule has 0 N–H and O–H groups in total. The molecule has 0 bridgehead atoms. The van der Waals surface area contributed by atoms with Crippen molar-refractivity contribution in [3.63, 3.8) is 0 Å². The molecule has 1 aromatic rings. The number of benzene rings is 1. The van der Waals surface area contributed by atoms with Gasteiger partial charge in [-0.2, -0.15) is 0 Å². The highest BCUT2D eigenvalue weighted by molar-refractivity contribution is 7.80. The number of hydrogen-bond donors (Lipinski definition) is 1. The Balaban J connectivity index is 2.48. The quantitative estimate of drug-likeness (QED) is 0.571. The lowest BCUT2D eigenvalue weighted by Gasteiger charge is -2.05. The van der Waals surface area contributed by atoms with E-state index < -0.39 is 0 Å². The van der Waals surface area contributed by atoms with Gasteiger partial charge in [-0.3, -0.25) is 0 Å². The Morgan fingerprint density at radius 3 is 2.33 bits per heavy atom. The Hall–Kier alpha value is -0.253. The molecule has 64 valence electrons. The molecule has 0 aliphatic rings. The molecule has 0 aromatic heterocycles. The lowest BCUT2D eigenvalue weighted by Crippen LogP contribution is -2.20. The lowest BCUT2D eigenvalue weighted by atomic mass is 10.4. The summed E-state index contributed by atoms with van der Waals surface area (Å²) in [6, 6.07) is 8.05. The predicted octanol–water partition coefficient (Wildman–Crippen LogP) is 1.64. The zero-order valence-corrected chi connectivity index (χ0v) is 9.14. The normalized spacial score (nSPS) is 10.7. The minimum atomic E-state index is 0.305. The first-order valence-electron chi connectivity index (χ1n) is 3.89. The Morgan fingerprint density at radius 2 is 1.83 bits per heavy atom. The van der Waals surface area contributed by atoms with Gasteiger partial charge in [-0.05, 0) is 31.2 Å². The van der Waals surface area contributed by atoms with Crippen molar-refractivity contribution in [1.82, 2.24) is 0 Å². The second-order valence-electron chi connectivity index (χ2n) is 2.82. The maximum absolute atomic E-state index is 5.47. The monoisotopic (exact) mass is 196 g/mol. The van der Waals surface area contributed by atoms with Gasteiger partial charge in [0.25, 0.3) is 9.76 Å². The Bertz CT molecular complexity index is 233. The van der Waals surface area contributed by atoms with E-state index in [1.807, 2.05) is 38.1 Å². The van der Waals surface area contributed by atoms with E-state index in [9.17, 15) is 0 Å². The van der Waals surface area contributed by atoms with Gasteiger partial charge in [0.2, 0.25) is 0 Å². The van der Waals surface area contributed by atoms with Crippen molar-refractivity contribution in [3.8, 4) is 0 Å². The lowest BCUT2D eigenvalue weighted by molar-refractivity contribution is 0.260. The average molecular weight is 196 g/mol. The van der Waals surface area contributed by atoms with E-state index in [1.54, 1.807) is 0 Å². The van der Waals surface area contributed by atoms with E-state index in [-0.39, 0.29) is 0 Å². The van der Waals surface area contributed by atoms with Crippen LogP contribution in [0, 0.1) is 0 Å². The number of thiol groups is 1. The molecule has 0 aliphatic heterocycles. The largest absolute Gasteiger partial charge is 0.409 e. The molecule has 0 unspecified atom stereocenters. The smallest absolute Gasteiger partial charge is 0.269 e. The maximum Gasteiger partial charge on any atom is 0.269 e. The summed E-state index contributed by atoms with van der Waals surface area (Å²) in [4.78, 5) is 0.994. The molecule has 0 atom stereocenters. The van der Waals surface area contributed by atoms with Crippen LogP contribution in [-0.4, -0.2) is 15.9 Å². The first kappa shape index (κ1) is 9.83. The summed E-state index contributed by atoms with van der Waals surface area (Å²) in [5, 5.41) is 1.22. The van der Waals surface area contributed by atoms with Crippen LogP contribution in [0.5, 0.6) is 0 Å². The van der Waals surface area contributed by atoms with E-state index in [1.165, 1.54) is 5.19 Å². The molecule has 1 rings (SSSR count). The van der Waals surface area contributed by atoms with E-state index in [0.717, 1.165) is 4.90 Å². The Kier molecular flexibility index (Phi) is 3.85. The van der Waals surface area contributed by atoms with E-state index in [2.05, 4.69) is 12.6 Å². The van der Waals surface area contributed by atoms with Crippen LogP contribution in [0.15, 0.2) is 29.2 Å². The Labute approximate surface area is 81.5 Å². The summed E-state index contributed by atoms with van der Waals surface area (Å²) in [5.41, 5.74) is 0. The van der Waals surface area contributed by atoms with Crippen LogP contribution < -0.4 is 5.19 Å². The van der Waals surface area contributed by atoms with Crippen molar-refractivity contribution in [2.24, 2.45) is 0 Å². The summed E-state index contributed by atoms with van der Waals surface area (Å²) in [7, 11) is 0.447. The fraction of sp³-hybridized carbons (Fsp3) is 0.333. The van der Waals surface area contributed by atoms with Gasteiger partial charge in [0, 0.05) is 11.0 Å². The molecule has 0 fully saturated rings. The minimum Gasteiger partial charge on any atom is -0.409 e. The average Bonchev–Trinajstić information content (AvgIpc) is 2.03. The molecule has 0 heterocycles. The second kappa shape index (κ2) is 4.69. The zero-order valence-electron chi connectivity index (χ0n) is 7.24. The standard InChI is InChI=1S/C9H12OSSi/c1-7(2)10-12-9-5-3-8(11)4-6-9/h3-7,11H,1-2H3. The van der Waals surface area contributed by atoms with Crippen molar-refractivity contribution in [2.75, 3.05) is 0 Å². The van der Waals surface area contributed by atoms with Gasteiger partial charge >= 0.3 is 0 Å². The maximum atomic E-state index is 5.47. The van der Waals surface area contributed by atoms with Crippen LogP contribution >= 0.6 is 12.6 Å². The van der Waals surface area contributed by atoms with Crippen LogP contribution in [-0.2, 0) is 4.43 Å². The molecule has 0 aliphatic carbocycles. The third kappa shape index (κ3) is 3.43. The molecule has 1 aromatic carbocycles. The van der Waals surface area contributed by atoms with Crippen LogP contribution in [0.2, 0.25) is 0 Å². The van der Waals surface area contributed by atoms with Gasteiger partial charge in [0.1, 0.15) is 0 Å². The summed E-state index contributed by atoms with van der Waals surface area (Å²) in [6.07, 6.45) is 0.305. The molecular weight excluding hydrogens is 184 g/mol. The molecule has 0 spiro atoms. The highest BCUT2D eigenvalue weighted by atomic mass is 32.1. The van der Waals surface area contributed by atoms with Crippen molar-refractivity contribution in [3.05, 3.63) is 24.3 Å².